The third-order valence-electron chi connectivity index (χ3n) is 4.14. The first-order chi connectivity index (χ1) is 13.4. The number of hydrogen-bond donors (Lipinski definition) is 1. The molecule has 3 aromatic carbocycles. The molecular weight excluding hydrogens is 357 g/mol. The average molecular weight is 377 g/mol. The van der Waals surface area contributed by atoms with Gasteiger partial charge in [0.2, 0.25) is 0 Å². The van der Waals surface area contributed by atoms with Crippen LogP contribution in [0.5, 0.6) is 5.75 Å². The first-order valence-electron chi connectivity index (χ1n) is 8.82. The van der Waals surface area contributed by atoms with Gasteiger partial charge in [-0.1, -0.05) is 18.2 Å². The molecule has 0 aliphatic rings. The third kappa shape index (κ3) is 4.82. The number of carbonyl (C=O) groups is 2. The van der Waals surface area contributed by atoms with Crippen LogP contribution in [0.2, 0.25) is 0 Å². The van der Waals surface area contributed by atoms with Crippen molar-refractivity contribution < 1.29 is 18.7 Å². The summed E-state index contributed by atoms with van der Waals surface area (Å²) in [5.74, 6) is -0.731. The number of Topliss-reactive ketones (excluding diaryl/α,β-unsaturated/α-hetero) is 1. The summed E-state index contributed by atoms with van der Waals surface area (Å²) in [5, 5.41) is 2.86. The van der Waals surface area contributed by atoms with E-state index in [-0.39, 0.29) is 18.3 Å². The maximum atomic E-state index is 13.0. The van der Waals surface area contributed by atoms with Crippen LogP contribution in [-0.4, -0.2) is 18.3 Å². The molecule has 0 atom stereocenters. The number of rotatable bonds is 6. The molecule has 0 heterocycles. The van der Waals surface area contributed by atoms with Gasteiger partial charge in [-0.15, -0.1) is 0 Å². The number of amides is 1. The van der Waals surface area contributed by atoms with Crippen LogP contribution in [0.15, 0.2) is 66.7 Å². The highest BCUT2D eigenvalue weighted by Crippen LogP contribution is 2.21. The number of ether oxygens (including phenoxy) is 1. The second kappa shape index (κ2) is 8.48. The van der Waals surface area contributed by atoms with Gasteiger partial charge in [-0.25, -0.2) is 4.39 Å². The molecule has 28 heavy (non-hydrogen) atoms. The highest BCUT2D eigenvalue weighted by Gasteiger charge is 2.14. The molecule has 0 saturated carbocycles. The number of halogens is 1. The van der Waals surface area contributed by atoms with E-state index < -0.39 is 5.82 Å². The lowest BCUT2D eigenvalue weighted by molar-refractivity contribution is 0.0914. The lowest BCUT2D eigenvalue weighted by Crippen LogP contribution is -2.16. The number of para-hydroxylation sites is 1. The van der Waals surface area contributed by atoms with Gasteiger partial charge in [-0.2, -0.15) is 0 Å². The fourth-order valence-electron chi connectivity index (χ4n) is 2.89. The highest BCUT2D eigenvalue weighted by atomic mass is 19.1. The Balaban J connectivity index is 1.72. The van der Waals surface area contributed by atoms with Gasteiger partial charge in [0.1, 0.15) is 11.6 Å². The third-order valence-corrected chi connectivity index (χ3v) is 4.14. The number of hydrogen-bond acceptors (Lipinski definition) is 3. The van der Waals surface area contributed by atoms with Crippen LogP contribution in [0.4, 0.5) is 10.1 Å². The molecule has 0 unspecified atom stereocenters. The van der Waals surface area contributed by atoms with Crippen LogP contribution >= 0.6 is 0 Å². The molecular formula is C23H20FNO3. The maximum Gasteiger partial charge on any atom is 0.259 e. The number of ketones is 1. The zero-order valence-corrected chi connectivity index (χ0v) is 15.7. The van der Waals surface area contributed by atoms with E-state index in [0.717, 1.165) is 11.1 Å². The van der Waals surface area contributed by atoms with Gasteiger partial charge in [0.25, 0.3) is 5.91 Å². The van der Waals surface area contributed by atoms with Crippen molar-refractivity contribution in [2.75, 3.05) is 11.9 Å². The van der Waals surface area contributed by atoms with Crippen molar-refractivity contribution in [3.63, 3.8) is 0 Å². The Labute approximate surface area is 163 Å². The van der Waals surface area contributed by atoms with E-state index in [2.05, 4.69) is 5.32 Å². The Kier molecular flexibility index (Phi) is 5.84. The van der Waals surface area contributed by atoms with Gasteiger partial charge >= 0.3 is 0 Å². The summed E-state index contributed by atoms with van der Waals surface area (Å²) in [5.41, 5.74) is 3.46. The van der Waals surface area contributed by atoms with E-state index in [1.165, 1.54) is 24.3 Å². The minimum absolute atomic E-state index is 0.251. The summed E-state index contributed by atoms with van der Waals surface area (Å²) in [7, 11) is 0. The molecule has 0 aliphatic heterocycles. The minimum atomic E-state index is -0.411. The number of carbonyl (C=O) groups excluding carboxylic acids is 2. The number of benzene rings is 3. The summed E-state index contributed by atoms with van der Waals surface area (Å²) in [6.45, 7) is 3.67. The zero-order valence-electron chi connectivity index (χ0n) is 15.7. The van der Waals surface area contributed by atoms with Crippen LogP contribution in [-0.2, 0) is 0 Å². The predicted octanol–water partition coefficient (Wildman–Crippen LogP) is 4.96. The molecule has 1 N–H and O–H groups in total. The lowest BCUT2D eigenvalue weighted by Gasteiger charge is -2.12. The minimum Gasteiger partial charge on any atom is -0.485 e. The van der Waals surface area contributed by atoms with Crippen LogP contribution < -0.4 is 10.1 Å². The average Bonchev–Trinajstić information content (AvgIpc) is 2.66. The van der Waals surface area contributed by atoms with Gasteiger partial charge in [0, 0.05) is 11.3 Å². The summed E-state index contributed by atoms with van der Waals surface area (Å²) in [6.07, 6.45) is 0. The Hall–Kier alpha value is -3.47. The van der Waals surface area contributed by atoms with Crippen molar-refractivity contribution >= 4 is 17.4 Å². The Morgan fingerprint density at radius 1 is 0.929 bits per heavy atom. The van der Waals surface area contributed by atoms with Crippen molar-refractivity contribution in [1.82, 2.24) is 0 Å². The number of anilines is 1. The van der Waals surface area contributed by atoms with Gasteiger partial charge in [0.15, 0.2) is 12.4 Å². The molecule has 0 radical (unpaired) electrons. The molecule has 3 aromatic rings. The second-order valence-corrected chi connectivity index (χ2v) is 6.55. The monoisotopic (exact) mass is 377 g/mol. The summed E-state index contributed by atoms with van der Waals surface area (Å²) in [4.78, 5) is 24.9. The Morgan fingerprint density at radius 3 is 2.25 bits per heavy atom. The summed E-state index contributed by atoms with van der Waals surface area (Å²) in [6, 6.07) is 17.8. The molecule has 0 saturated heterocycles. The topological polar surface area (TPSA) is 55.4 Å². The maximum absolute atomic E-state index is 13.0. The van der Waals surface area contributed by atoms with E-state index in [9.17, 15) is 14.0 Å². The first-order valence-corrected chi connectivity index (χ1v) is 8.82. The van der Waals surface area contributed by atoms with E-state index in [1.54, 1.807) is 24.3 Å². The van der Waals surface area contributed by atoms with E-state index in [4.69, 9.17) is 4.74 Å². The van der Waals surface area contributed by atoms with Crippen LogP contribution in [0.25, 0.3) is 0 Å². The Bertz CT molecular complexity index is 992. The van der Waals surface area contributed by atoms with Crippen molar-refractivity contribution in [3.8, 4) is 5.75 Å². The second-order valence-electron chi connectivity index (χ2n) is 6.55. The van der Waals surface area contributed by atoms with Crippen LogP contribution in [0.3, 0.4) is 0 Å². The SMILES string of the molecule is Cc1cc(C)cc(NC(=O)c2ccccc2OCC(=O)c2ccc(F)cc2)c1. The first kappa shape index (κ1) is 19.3. The summed E-state index contributed by atoms with van der Waals surface area (Å²) >= 11 is 0. The van der Waals surface area contributed by atoms with Crippen molar-refractivity contribution in [2.24, 2.45) is 0 Å². The van der Waals surface area contributed by atoms with Gasteiger partial charge in [0.05, 0.1) is 5.56 Å². The Morgan fingerprint density at radius 2 is 1.57 bits per heavy atom. The normalized spacial score (nSPS) is 10.4. The zero-order chi connectivity index (χ0) is 20.1. The molecule has 5 heteroatoms. The van der Waals surface area contributed by atoms with Crippen molar-refractivity contribution in [2.45, 2.75) is 13.8 Å². The molecule has 1 amide bonds. The van der Waals surface area contributed by atoms with E-state index >= 15 is 0 Å². The van der Waals surface area contributed by atoms with Crippen molar-refractivity contribution in [3.05, 3.63) is 94.8 Å². The molecule has 0 aliphatic carbocycles. The van der Waals surface area contributed by atoms with Crippen LogP contribution in [0.1, 0.15) is 31.8 Å². The smallest absolute Gasteiger partial charge is 0.259 e. The fourth-order valence-corrected chi connectivity index (χ4v) is 2.89. The van der Waals surface area contributed by atoms with Crippen LogP contribution in [0, 0.1) is 19.7 Å². The van der Waals surface area contributed by atoms with Gasteiger partial charge < -0.3 is 10.1 Å². The standard InChI is InChI=1S/C23H20FNO3/c1-15-11-16(2)13-19(12-15)25-23(27)20-5-3-4-6-22(20)28-14-21(26)17-7-9-18(24)10-8-17/h3-13H,14H2,1-2H3,(H,25,27). The highest BCUT2D eigenvalue weighted by molar-refractivity contribution is 6.06. The molecule has 4 nitrogen and oxygen atoms in total. The number of aryl methyl sites for hydroxylation is 2. The predicted molar refractivity (Wildman–Crippen MR) is 107 cm³/mol. The molecule has 0 fully saturated rings. The van der Waals surface area contributed by atoms with Gasteiger partial charge in [-0.05, 0) is 73.5 Å². The number of nitrogens with one attached hydrogen (secondary N) is 1. The van der Waals surface area contributed by atoms with E-state index in [0.29, 0.717) is 22.6 Å². The van der Waals surface area contributed by atoms with E-state index in [1.807, 2.05) is 32.0 Å². The van der Waals surface area contributed by atoms with Crippen molar-refractivity contribution in [1.29, 1.82) is 0 Å². The van der Waals surface area contributed by atoms with Gasteiger partial charge in [-0.3, -0.25) is 9.59 Å². The largest absolute Gasteiger partial charge is 0.485 e. The quantitative estimate of drug-likeness (QED) is 0.618. The molecule has 0 spiro atoms. The molecule has 142 valence electrons. The molecule has 0 aromatic heterocycles. The summed E-state index contributed by atoms with van der Waals surface area (Å²) < 4.78 is 18.6. The molecule has 3 rings (SSSR count). The fraction of sp³-hybridized carbons (Fsp3) is 0.130. The molecule has 0 bridgehead atoms. The lowest BCUT2D eigenvalue weighted by atomic mass is 10.1.